The van der Waals surface area contributed by atoms with Gasteiger partial charge >= 0.3 is 0 Å². The van der Waals surface area contributed by atoms with E-state index in [1.807, 2.05) is 6.20 Å². The van der Waals surface area contributed by atoms with E-state index < -0.39 is 0 Å². The van der Waals surface area contributed by atoms with E-state index in [1.54, 1.807) is 23.9 Å². The van der Waals surface area contributed by atoms with Crippen LogP contribution in [0.4, 0.5) is 5.82 Å². The largest absolute Gasteiger partial charge is 0.384 e. The molecule has 0 atom stereocenters. The van der Waals surface area contributed by atoms with Gasteiger partial charge in [0.15, 0.2) is 5.82 Å². The molecule has 0 saturated carbocycles. The highest BCUT2D eigenvalue weighted by atomic mass is 127. The monoisotopic (exact) mass is 301 g/mol. The number of aryl methyl sites for hydroxylation is 1. The highest BCUT2D eigenvalue weighted by Gasteiger charge is 2.02. The molecule has 2 heterocycles. The van der Waals surface area contributed by atoms with Crippen LogP contribution in [-0.4, -0.2) is 19.7 Å². The molecule has 0 unspecified atom stereocenters. The molecule has 0 aliphatic carbocycles. The molecule has 0 saturated heterocycles. The van der Waals surface area contributed by atoms with Gasteiger partial charge in [-0.15, -0.1) is 0 Å². The Balaban J connectivity index is 2.51. The van der Waals surface area contributed by atoms with Gasteiger partial charge in [0.05, 0.1) is 9.77 Å². The molecule has 2 N–H and O–H groups in total. The van der Waals surface area contributed by atoms with Crippen molar-refractivity contribution in [3.63, 3.8) is 0 Å². The van der Waals surface area contributed by atoms with Crippen LogP contribution in [0.25, 0.3) is 5.82 Å². The van der Waals surface area contributed by atoms with Crippen LogP contribution in [0.1, 0.15) is 5.82 Å². The van der Waals surface area contributed by atoms with Gasteiger partial charge in [-0.3, -0.25) is 0 Å². The highest BCUT2D eigenvalue weighted by molar-refractivity contribution is 14.1. The van der Waals surface area contributed by atoms with Gasteiger partial charge in [-0.2, -0.15) is 5.10 Å². The predicted octanol–water partition coefficient (Wildman–Crippen LogP) is 1.16. The Labute approximate surface area is 94.5 Å². The second-order valence-corrected chi connectivity index (χ2v) is 4.05. The molecule has 2 aromatic heterocycles. The van der Waals surface area contributed by atoms with E-state index in [2.05, 4.69) is 37.7 Å². The first-order valence-corrected chi connectivity index (χ1v) is 5.05. The first-order chi connectivity index (χ1) is 6.65. The third kappa shape index (κ3) is 1.84. The van der Waals surface area contributed by atoms with E-state index in [0.717, 1.165) is 3.57 Å². The summed E-state index contributed by atoms with van der Waals surface area (Å²) in [6, 6.07) is 1.69. The Morgan fingerprint density at radius 2 is 2.21 bits per heavy atom. The zero-order valence-corrected chi connectivity index (χ0v) is 9.63. The Bertz CT molecular complexity index is 444. The molecule has 72 valence electrons. The average molecular weight is 301 g/mol. The minimum Gasteiger partial charge on any atom is -0.384 e. The molecule has 2 rings (SSSR count). The van der Waals surface area contributed by atoms with Crippen molar-refractivity contribution in [1.82, 2.24) is 19.7 Å². The number of nitrogen functional groups attached to an aromatic ring is 1. The lowest BCUT2D eigenvalue weighted by Crippen LogP contribution is -2.03. The van der Waals surface area contributed by atoms with Crippen molar-refractivity contribution in [1.29, 1.82) is 0 Å². The van der Waals surface area contributed by atoms with Crippen LogP contribution in [0.15, 0.2) is 18.5 Å². The summed E-state index contributed by atoms with van der Waals surface area (Å²) in [6.07, 6.45) is 3.63. The standard InChI is InChI=1S/C8H8IN5/c1-5-12-7(10)2-8(13-5)14-4-6(9)3-11-14/h2-4H,1H3,(H2,10,12,13). The smallest absolute Gasteiger partial charge is 0.159 e. The molecular formula is C8H8IN5. The number of rotatable bonds is 1. The maximum atomic E-state index is 5.61. The minimum atomic E-state index is 0.456. The first kappa shape index (κ1) is 9.38. The van der Waals surface area contributed by atoms with Crippen molar-refractivity contribution in [3.8, 4) is 5.82 Å². The molecular weight excluding hydrogens is 293 g/mol. The molecule has 0 radical (unpaired) electrons. The molecule has 2 aromatic rings. The van der Waals surface area contributed by atoms with Gasteiger partial charge in [0.25, 0.3) is 0 Å². The molecule has 0 spiro atoms. The highest BCUT2D eigenvalue weighted by Crippen LogP contribution is 2.09. The zero-order valence-electron chi connectivity index (χ0n) is 7.48. The van der Waals surface area contributed by atoms with Crippen LogP contribution in [0, 0.1) is 10.5 Å². The fourth-order valence-electron chi connectivity index (χ4n) is 1.12. The summed E-state index contributed by atoms with van der Waals surface area (Å²) < 4.78 is 2.73. The maximum Gasteiger partial charge on any atom is 0.159 e. The van der Waals surface area contributed by atoms with Crippen LogP contribution in [0.3, 0.4) is 0 Å². The number of anilines is 1. The van der Waals surface area contributed by atoms with Gasteiger partial charge in [-0.25, -0.2) is 14.6 Å². The van der Waals surface area contributed by atoms with Crippen LogP contribution >= 0.6 is 22.6 Å². The Kier molecular flexibility index (Phi) is 2.36. The maximum absolute atomic E-state index is 5.61. The topological polar surface area (TPSA) is 69.6 Å². The van der Waals surface area contributed by atoms with E-state index >= 15 is 0 Å². The molecule has 0 aliphatic rings. The second-order valence-electron chi connectivity index (χ2n) is 2.80. The zero-order chi connectivity index (χ0) is 10.1. The average Bonchev–Trinajstić information content (AvgIpc) is 2.50. The molecule has 0 aromatic carbocycles. The van der Waals surface area contributed by atoms with Crippen molar-refractivity contribution in [2.24, 2.45) is 0 Å². The van der Waals surface area contributed by atoms with Gasteiger partial charge in [-0.1, -0.05) is 0 Å². The lowest BCUT2D eigenvalue weighted by Gasteiger charge is -2.01. The predicted molar refractivity (Wildman–Crippen MR) is 61.0 cm³/mol. The SMILES string of the molecule is Cc1nc(N)cc(-n2cc(I)cn2)n1. The summed E-state index contributed by atoms with van der Waals surface area (Å²) in [5.41, 5.74) is 5.61. The van der Waals surface area contributed by atoms with E-state index in [1.165, 1.54) is 0 Å². The van der Waals surface area contributed by atoms with E-state index in [9.17, 15) is 0 Å². The molecule has 0 fully saturated rings. The number of hydrogen-bond acceptors (Lipinski definition) is 4. The first-order valence-electron chi connectivity index (χ1n) is 3.97. The third-order valence-electron chi connectivity index (χ3n) is 1.63. The second kappa shape index (κ2) is 3.52. The summed E-state index contributed by atoms with van der Waals surface area (Å²) in [4.78, 5) is 8.21. The van der Waals surface area contributed by atoms with Gasteiger partial charge < -0.3 is 5.73 Å². The number of nitrogens with zero attached hydrogens (tertiary/aromatic N) is 4. The van der Waals surface area contributed by atoms with Gasteiger partial charge in [0, 0.05) is 12.3 Å². The van der Waals surface area contributed by atoms with Crippen LogP contribution in [-0.2, 0) is 0 Å². The van der Waals surface area contributed by atoms with Crippen molar-refractivity contribution in [3.05, 3.63) is 27.9 Å². The van der Waals surface area contributed by atoms with E-state index in [4.69, 9.17) is 5.73 Å². The van der Waals surface area contributed by atoms with Crippen molar-refractivity contribution >= 4 is 28.4 Å². The van der Waals surface area contributed by atoms with Crippen molar-refractivity contribution < 1.29 is 0 Å². The van der Waals surface area contributed by atoms with Crippen molar-refractivity contribution in [2.45, 2.75) is 6.92 Å². The summed E-state index contributed by atoms with van der Waals surface area (Å²) in [5.74, 6) is 1.79. The summed E-state index contributed by atoms with van der Waals surface area (Å²) in [5, 5.41) is 4.13. The summed E-state index contributed by atoms with van der Waals surface area (Å²) in [7, 11) is 0. The fourth-order valence-corrected chi connectivity index (χ4v) is 1.51. The van der Waals surface area contributed by atoms with E-state index in [0.29, 0.717) is 17.5 Å². The summed E-state index contributed by atoms with van der Waals surface area (Å²) >= 11 is 2.19. The number of nitrogens with two attached hydrogens (primary N) is 1. The van der Waals surface area contributed by atoms with Gasteiger partial charge in [0.1, 0.15) is 11.6 Å². The lowest BCUT2D eigenvalue weighted by atomic mass is 10.5. The third-order valence-corrected chi connectivity index (χ3v) is 2.19. The lowest BCUT2D eigenvalue weighted by molar-refractivity contribution is 0.830. The molecule has 0 bridgehead atoms. The summed E-state index contributed by atoms with van der Waals surface area (Å²) in [6.45, 7) is 1.80. The molecule has 5 nitrogen and oxygen atoms in total. The Hall–Kier alpha value is -1.18. The van der Waals surface area contributed by atoms with Gasteiger partial charge in [0.2, 0.25) is 0 Å². The Morgan fingerprint density at radius 3 is 2.79 bits per heavy atom. The fraction of sp³-hybridized carbons (Fsp3) is 0.125. The normalized spacial score (nSPS) is 10.4. The molecule has 0 amide bonds. The number of hydrogen-bond donors (Lipinski definition) is 1. The minimum absolute atomic E-state index is 0.456. The van der Waals surface area contributed by atoms with E-state index in [-0.39, 0.29) is 0 Å². The van der Waals surface area contributed by atoms with Gasteiger partial charge in [-0.05, 0) is 29.5 Å². The van der Waals surface area contributed by atoms with Crippen LogP contribution in [0.5, 0.6) is 0 Å². The number of aromatic nitrogens is 4. The Morgan fingerprint density at radius 1 is 1.43 bits per heavy atom. The molecule has 14 heavy (non-hydrogen) atoms. The quantitative estimate of drug-likeness (QED) is 0.802. The van der Waals surface area contributed by atoms with Crippen molar-refractivity contribution in [2.75, 3.05) is 5.73 Å². The number of halogens is 1. The molecule has 0 aliphatic heterocycles. The molecule has 6 heteroatoms. The van der Waals surface area contributed by atoms with Crippen LogP contribution < -0.4 is 5.73 Å². The van der Waals surface area contributed by atoms with Crippen LogP contribution in [0.2, 0.25) is 0 Å².